The molecule has 0 bridgehead atoms. The second-order valence-corrected chi connectivity index (χ2v) is 9.00. The van der Waals surface area contributed by atoms with E-state index in [2.05, 4.69) is 14.8 Å². The maximum Gasteiger partial charge on any atom is 0.228 e. The molecule has 2 aliphatic heterocycles. The highest BCUT2D eigenvalue weighted by molar-refractivity contribution is 6.45. The number of hydrogen-bond acceptors (Lipinski definition) is 4. The Morgan fingerprint density at radius 3 is 2.91 bits per heavy atom. The van der Waals surface area contributed by atoms with Crippen molar-refractivity contribution in [3.63, 3.8) is 0 Å². The number of nitrogens with zero attached hydrogens (tertiary/aromatic N) is 4. The van der Waals surface area contributed by atoms with Crippen LogP contribution in [-0.2, 0) is 27.4 Å². The molecule has 1 aromatic carbocycles. The maximum absolute atomic E-state index is 13.3. The number of likely N-dealkylation sites (tertiary alicyclic amines) is 1. The van der Waals surface area contributed by atoms with Crippen molar-refractivity contribution in [1.29, 1.82) is 0 Å². The number of carbonyl (C=O) groups excluding carboxylic acids is 2. The van der Waals surface area contributed by atoms with E-state index in [9.17, 15) is 9.59 Å². The van der Waals surface area contributed by atoms with E-state index < -0.39 is 0 Å². The number of rotatable bonds is 5. The van der Waals surface area contributed by atoms with Gasteiger partial charge in [-0.05, 0) is 6.07 Å². The molecule has 0 spiro atoms. The van der Waals surface area contributed by atoms with Crippen LogP contribution in [0, 0.1) is 5.92 Å². The van der Waals surface area contributed by atoms with Crippen LogP contribution in [-0.4, -0.2) is 69.7 Å². The maximum atomic E-state index is 13.3. The third-order valence-electron chi connectivity index (χ3n) is 6.38. The molecule has 1 fully saturated rings. The SMILES string of the molecule is COCCN1CC(C(=O)N2CCn3c(c(-c4cn[nH]c4)c4ccc(Cl)c(Cl)c43)C2)CC1=O. The van der Waals surface area contributed by atoms with Crippen molar-refractivity contribution in [3.05, 3.63) is 40.3 Å². The number of nitrogens with one attached hydrogen (secondary N) is 1. The molecule has 0 saturated carbocycles. The molecule has 0 aliphatic carbocycles. The molecule has 2 amide bonds. The number of amides is 2. The minimum absolute atomic E-state index is 0.00651. The van der Waals surface area contributed by atoms with E-state index >= 15 is 0 Å². The van der Waals surface area contributed by atoms with E-state index in [1.807, 2.05) is 17.2 Å². The summed E-state index contributed by atoms with van der Waals surface area (Å²) in [5.41, 5.74) is 3.79. The van der Waals surface area contributed by atoms with E-state index in [4.69, 9.17) is 27.9 Å². The highest BCUT2D eigenvalue weighted by Gasteiger charge is 2.38. The Balaban J connectivity index is 1.48. The first-order valence-corrected chi connectivity index (χ1v) is 11.3. The summed E-state index contributed by atoms with van der Waals surface area (Å²) in [6.07, 6.45) is 3.85. The average molecular weight is 476 g/mol. The van der Waals surface area contributed by atoms with Gasteiger partial charge in [0.1, 0.15) is 0 Å². The van der Waals surface area contributed by atoms with Crippen molar-refractivity contribution in [2.45, 2.75) is 19.5 Å². The minimum Gasteiger partial charge on any atom is -0.383 e. The number of ether oxygens (including phenoxy) is 1. The van der Waals surface area contributed by atoms with Gasteiger partial charge in [-0.3, -0.25) is 14.7 Å². The third-order valence-corrected chi connectivity index (χ3v) is 7.18. The molecule has 5 rings (SSSR count). The molecule has 8 nitrogen and oxygen atoms in total. The molecular formula is C22H23Cl2N5O3. The summed E-state index contributed by atoms with van der Waals surface area (Å²) in [6.45, 7) is 3.00. The van der Waals surface area contributed by atoms with Crippen molar-refractivity contribution in [3.8, 4) is 11.1 Å². The van der Waals surface area contributed by atoms with Gasteiger partial charge in [0.05, 0.1) is 40.8 Å². The van der Waals surface area contributed by atoms with Gasteiger partial charge in [-0.25, -0.2) is 0 Å². The number of aromatic nitrogens is 3. The molecule has 4 heterocycles. The van der Waals surface area contributed by atoms with E-state index in [1.165, 1.54) is 0 Å². The number of methoxy groups -OCH3 is 1. The number of hydrogen-bond donors (Lipinski definition) is 1. The van der Waals surface area contributed by atoms with E-state index in [0.29, 0.717) is 49.4 Å². The molecule has 1 unspecified atom stereocenters. The Kier molecular flexibility index (Phi) is 5.61. The fourth-order valence-corrected chi connectivity index (χ4v) is 5.25. The molecule has 2 aliphatic rings. The lowest BCUT2D eigenvalue weighted by Crippen LogP contribution is -2.42. The van der Waals surface area contributed by atoms with Gasteiger partial charge in [0.15, 0.2) is 0 Å². The lowest BCUT2D eigenvalue weighted by atomic mass is 10.0. The Bertz CT molecular complexity index is 1190. The van der Waals surface area contributed by atoms with Gasteiger partial charge in [-0.15, -0.1) is 0 Å². The second-order valence-electron chi connectivity index (χ2n) is 8.21. The predicted octanol–water partition coefficient (Wildman–Crippen LogP) is 3.18. The first-order chi connectivity index (χ1) is 15.5. The summed E-state index contributed by atoms with van der Waals surface area (Å²) in [5.74, 6) is -0.310. The van der Waals surface area contributed by atoms with Gasteiger partial charge in [-0.2, -0.15) is 5.10 Å². The molecule has 2 aromatic heterocycles. The molecule has 1 N–H and O–H groups in total. The Labute approximate surface area is 195 Å². The van der Waals surface area contributed by atoms with Crippen LogP contribution in [0.4, 0.5) is 0 Å². The van der Waals surface area contributed by atoms with Crippen molar-refractivity contribution in [2.24, 2.45) is 5.92 Å². The van der Waals surface area contributed by atoms with E-state index in [-0.39, 0.29) is 24.2 Å². The number of H-pyrrole nitrogens is 1. The summed E-state index contributed by atoms with van der Waals surface area (Å²) < 4.78 is 7.23. The van der Waals surface area contributed by atoms with Gasteiger partial charge in [0.2, 0.25) is 11.8 Å². The summed E-state index contributed by atoms with van der Waals surface area (Å²) in [4.78, 5) is 29.2. The Morgan fingerprint density at radius 2 is 2.16 bits per heavy atom. The van der Waals surface area contributed by atoms with Gasteiger partial charge >= 0.3 is 0 Å². The van der Waals surface area contributed by atoms with Gasteiger partial charge < -0.3 is 19.1 Å². The third kappa shape index (κ3) is 3.46. The van der Waals surface area contributed by atoms with Crippen molar-refractivity contribution in [1.82, 2.24) is 24.6 Å². The smallest absolute Gasteiger partial charge is 0.228 e. The Morgan fingerprint density at radius 1 is 1.31 bits per heavy atom. The van der Waals surface area contributed by atoms with Crippen LogP contribution in [0.2, 0.25) is 10.0 Å². The van der Waals surface area contributed by atoms with Gasteiger partial charge in [0.25, 0.3) is 0 Å². The lowest BCUT2D eigenvalue weighted by Gasteiger charge is -2.31. The van der Waals surface area contributed by atoms with Crippen molar-refractivity contribution in [2.75, 3.05) is 33.4 Å². The fourth-order valence-electron chi connectivity index (χ4n) is 4.83. The number of fused-ring (bicyclic) bond motifs is 3. The molecule has 168 valence electrons. The zero-order valence-corrected chi connectivity index (χ0v) is 19.1. The largest absolute Gasteiger partial charge is 0.383 e. The Hall–Kier alpha value is -2.55. The van der Waals surface area contributed by atoms with Crippen LogP contribution in [0.3, 0.4) is 0 Å². The number of benzene rings is 1. The van der Waals surface area contributed by atoms with Crippen LogP contribution in [0.25, 0.3) is 22.0 Å². The van der Waals surface area contributed by atoms with Gasteiger partial charge in [0, 0.05) is 68.1 Å². The van der Waals surface area contributed by atoms with Crippen LogP contribution in [0.15, 0.2) is 24.5 Å². The number of carbonyl (C=O) groups is 2. The topological polar surface area (TPSA) is 83.5 Å². The lowest BCUT2D eigenvalue weighted by molar-refractivity contribution is -0.137. The van der Waals surface area contributed by atoms with E-state index in [1.54, 1.807) is 24.3 Å². The monoisotopic (exact) mass is 475 g/mol. The summed E-state index contributed by atoms with van der Waals surface area (Å²) in [5, 5.41) is 8.96. The standard InChI is InChI=1S/C22H23Cl2N5O3/c1-32-7-6-27-11-13(8-18(27)30)22(31)28-4-5-29-17(12-28)19(14-9-25-26-10-14)15-2-3-16(23)20(24)21(15)29/h2-3,9-10,13H,4-8,11-12H2,1H3,(H,25,26). The number of aromatic amines is 1. The molecule has 0 radical (unpaired) electrons. The molecule has 32 heavy (non-hydrogen) atoms. The van der Waals surface area contributed by atoms with Crippen LogP contribution in [0.1, 0.15) is 12.1 Å². The average Bonchev–Trinajstić information content (AvgIpc) is 3.51. The normalized spacial score (nSPS) is 18.6. The molecular weight excluding hydrogens is 453 g/mol. The fraction of sp³-hybridized carbons (Fsp3) is 0.409. The van der Waals surface area contributed by atoms with Gasteiger partial charge in [-0.1, -0.05) is 29.3 Å². The zero-order valence-electron chi connectivity index (χ0n) is 17.6. The predicted molar refractivity (Wildman–Crippen MR) is 122 cm³/mol. The highest BCUT2D eigenvalue weighted by Crippen LogP contribution is 2.42. The molecule has 1 atom stereocenters. The van der Waals surface area contributed by atoms with Crippen LogP contribution in [0.5, 0.6) is 0 Å². The second kappa shape index (κ2) is 8.42. The van der Waals surface area contributed by atoms with E-state index in [0.717, 1.165) is 27.7 Å². The number of halogens is 2. The molecule has 1 saturated heterocycles. The zero-order chi connectivity index (χ0) is 22.4. The molecule has 3 aromatic rings. The minimum atomic E-state index is -0.328. The first-order valence-electron chi connectivity index (χ1n) is 10.5. The summed E-state index contributed by atoms with van der Waals surface area (Å²) >= 11 is 12.9. The quantitative estimate of drug-likeness (QED) is 0.614. The summed E-state index contributed by atoms with van der Waals surface area (Å²) in [6, 6.07) is 3.76. The highest BCUT2D eigenvalue weighted by atomic mass is 35.5. The van der Waals surface area contributed by atoms with Crippen molar-refractivity contribution < 1.29 is 14.3 Å². The summed E-state index contributed by atoms with van der Waals surface area (Å²) in [7, 11) is 1.60. The van der Waals surface area contributed by atoms with Crippen molar-refractivity contribution >= 4 is 45.9 Å². The first kappa shape index (κ1) is 21.3. The van der Waals surface area contributed by atoms with Crippen LogP contribution >= 0.6 is 23.2 Å². The molecule has 10 heteroatoms. The van der Waals surface area contributed by atoms with Crippen LogP contribution < -0.4 is 0 Å².